The topological polar surface area (TPSA) is 117 Å². The van der Waals surface area contributed by atoms with Crippen LogP contribution >= 0.6 is 0 Å². The molecule has 2 heterocycles. The van der Waals surface area contributed by atoms with Crippen molar-refractivity contribution in [2.45, 2.75) is 63.0 Å². The highest BCUT2D eigenvalue weighted by atomic mass is 32.2. The minimum atomic E-state index is -4.68. The molecule has 0 radical (unpaired) electrons. The molecule has 2 fully saturated rings. The van der Waals surface area contributed by atoms with E-state index < -0.39 is 70.3 Å². The van der Waals surface area contributed by atoms with E-state index >= 15 is 0 Å². The lowest BCUT2D eigenvalue weighted by molar-refractivity contribution is -0.200. The first-order chi connectivity index (χ1) is 17.7. The van der Waals surface area contributed by atoms with Crippen LogP contribution in [0, 0.1) is 11.6 Å². The highest BCUT2D eigenvalue weighted by Crippen LogP contribution is 2.34. The largest absolute Gasteiger partial charge is 0.484 e. The van der Waals surface area contributed by atoms with E-state index in [1.165, 1.54) is 4.31 Å². The molecule has 9 nitrogen and oxygen atoms in total. The maximum absolute atomic E-state index is 14.8. The first kappa shape index (κ1) is 30.3. The molecule has 2 atom stereocenters. The van der Waals surface area contributed by atoms with Crippen LogP contribution in [0.2, 0.25) is 0 Å². The van der Waals surface area contributed by atoms with Crippen molar-refractivity contribution in [3.63, 3.8) is 0 Å². The third-order valence-corrected chi connectivity index (χ3v) is 8.63. The Balaban J connectivity index is 1.54. The molecule has 0 spiro atoms. The van der Waals surface area contributed by atoms with Gasteiger partial charge < -0.3 is 24.6 Å². The number of likely N-dealkylation sites (tertiary alicyclic amines) is 1. The third kappa shape index (κ3) is 7.67. The Morgan fingerprint density at radius 3 is 2.13 bits per heavy atom. The molecule has 1 amide bonds. The maximum atomic E-state index is 14.8. The lowest BCUT2D eigenvalue weighted by Crippen LogP contribution is -2.44. The molecule has 216 valence electrons. The lowest BCUT2D eigenvalue weighted by Gasteiger charge is -2.33. The molecule has 2 saturated heterocycles. The van der Waals surface area contributed by atoms with Crippen LogP contribution < -0.4 is 4.74 Å². The summed E-state index contributed by atoms with van der Waals surface area (Å²) in [6.45, 7) is 0.206. The standard InChI is InChI=1S/C23H31F5N2O7S/c1-14(23(26,27)28)36-22(33)29-6-4-18(5-7-29)37-21-19(24)10-16(11-20(21)25)15-2-8-30(9-3-15)38(34,35)13-17(32)12-31/h10-11,14-15,17-18,31-32H,2-9,12-13H2,1H3/t14-,17-/m0/s1. The Bertz CT molecular complexity index is 1050. The molecule has 0 aliphatic carbocycles. The van der Waals surface area contributed by atoms with Gasteiger partial charge in [0, 0.05) is 39.0 Å². The minimum absolute atomic E-state index is 0.00773. The van der Waals surface area contributed by atoms with Gasteiger partial charge in [-0.25, -0.2) is 26.3 Å². The third-order valence-electron chi connectivity index (χ3n) is 6.68. The first-order valence-corrected chi connectivity index (χ1v) is 13.8. The molecule has 0 unspecified atom stereocenters. The number of rotatable bonds is 8. The van der Waals surface area contributed by atoms with Gasteiger partial charge >= 0.3 is 12.3 Å². The fourth-order valence-electron chi connectivity index (χ4n) is 4.41. The molecule has 0 saturated carbocycles. The summed E-state index contributed by atoms with van der Waals surface area (Å²) in [5.41, 5.74) is 0.344. The van der Waals surface area contributed by atoms with E-state index in [0.29, 0.717) is 18.4 Å². The van der Waals surface area contributed by atoms with Crippen molar-refractivity contribution in [1.29, 1.82) is 0 Å². The predicted molar refractivity (Wildman–Crippen MR) is 124 cm³/mol. The zero-order valence-electron chi connectivity index (χ0n) is 20.7. The van der Waals surface area contributed by atoms with Crippen molar-refractivity contribution in [2.24, 2.45) is 0 Å². The summed E-state index contributed by atoms with van der Waals surface area (Å²) in [5, 5.41) is 18.3. The van der Waals surface area contributed by atoms with Gasteiger partial charge in [-0.2, -0.15) is 13.2 Å². The van der Waals surface area contributed by atoms with E-state index in [1.54, 1.807) is 0 Å². The Morgan fingerprint density at radius 2 is 1.63 bits per heavy atom. The molecule has 15 heteroatoms. The summed E-state index contributed by atoms with van der Waals surface area (Å²) in [6, 6.07) is 2.27. The average molecular weight is 575 g/mol. The van der Waals surface area contributed by atoms with Crippen LogP contribution in [-0.2, 0) is 14.8 Å². The maximum Gasteiger partial charge on any atom is 0.425 e. The van der Waals surface area contributed by atoms with E-state index in [2.05, 4.69) is 4.74 Å². The number of hydrogen-bond donors (Lipinski definition) is 2. The summed E-state index contributed by atoms with van der Waals surface area (Å²) in [5.74, 6) is -3.41. The van der Waals surface area contributed by atoms with Gasteiger partial charge in [0.1, 0.15) is 6.10 Å². The van der Waals surface area contributed by atoms with Crippen LogP contribution in [0.15, 0.2) is 12.1 Å². The molecular formula is C23H31F5N2O7S. The van der Waals surface area contributed by atoms with E-state index in [1.807, 2.05) is 0 Å². The fraction of sp³-hybridized carbons (Fsp3) is 0.696. The number of aliphatic hydroxyl groups excluding tert-OH is 2. The average Bonchev–Trinajstić information content (AvgIpc) is 2.85. The Hall–Kier alpha value is -2.23. The molecule has 2 aliphatic rings. The van der Waals surface area contributed by atoms with Gasteiger partial charge in [-0.15, -0.1) is 0 Å². The van der Waals surface area contributed by atoms with Crippen molar-refractivity contribution in [3.05, 3.63) is 29.3 Å². The molecule has 2 N–H and O–H groups in total. The summed E-state index contributed by atoms with van der Waals surface area (Å²) in [4.78, 5) is 13.0. The highest BCUT2D eigenvalue weighted by Gasteiger charge is 2.40. The van der Waals surface area contributed by atoms with Crippen LogP contribution in [0.4, 0.5) is 26.7 Å². The molecule has 0 aromatic heterocycles. The number of halogens is 5. The van der Waals surface area contributed by atoms with Crippen LogP contribution in [0.5, 0.6) is 5.75 Å². The van der Waals surface area contributed by atoms with Gasteiger partial charge in [0.05, 0.1) is 18.5 Å². The molecule has 1 aromatic carbocycles. The molecule has 3 rings (SSSR count). The molecule has 38 heavy (non-hydrogen) atoms. The number of carbonyl (C=O) groups is 1. The molecular weight excluding hydrogens is 543 g/mol. The quantitative estimate of drug-likeness (QED) is 0.459. The smallest absolute Gasteiger partial charge is 0.425 e. The second kappa shape index (κ2) is 12.3. The van der Waals surface area contributed by atoms with Crippen LogP contribution in [0.25, 0.3) is 0 Å². The Kier molecular flexibility index (Phi) is 9.81. The number of piperidine rings is 2. The fourth-order valence-corrected chi connectivity index (χ4v) is 5.98. The molecule has 0 bridgehead atoms. The zero-order chi connectivity index (χ0) is 28.3. The van der Waals surface area contributed by atoms with Crippen molar-refractivity contribution in [2.75, 3.05) is 38.5 Å². The molecule has 2 aliphatic heterocycles. The van der Waals surface area contributed by atoms with Crippen LogP contribution in [0.3, 0.4) is 0 Å². The monoisotopic (exact) mass is 574 g/mol. The number of sulfonamides is 1. The van der Waals surface area contributed by atoms with Crippen molar-refractivity contribution in [1.82, 2.24) is 9.21 Å². The number of amides is 1. The highest BCUT2D eigenvalue weighted by molar-refractivity contribution is 7.89. The van der Waals surface area contributed by atoms with Crippen LogP contribution in [-0.4, -0.2) is 97.0 Å². The SMILES string of the molecule is C[C@H](OC(=O)N1CCC(Oc2c(F)cc(C3CCN(S(=O)(=O)C[C@@H](O)CO)CC3)cc2F)CC1)C(F)(F)F. The summed E-state index contributed by atoms with van der Waals surface area (Å²) < 4.78 is 103. The number of nitrogens with zero attached hydrogens (tertiary/aromatic N) is 2. The van der Waals surface area contributed by atoms with Crippen molar-refractivity contribution >= 4 is 16.1 Å². The van der Waals surface area contributed by atoms with E-state index in [9.17, 15) is 40.3 Å². The summed E-state index contributed by atoms with van der Waals surface area (Å²) in [6.07, 6.45) is -9.27. The first-order valence-electron chi connectivity index (χ1n) is 12.2. The number of carbonyl (C=O) groups excluding carboxylic acids is 1. The second-order valence-corrected chi connectivity index (χ2v) is 11.5. The Morgan fingerprint density at radius 1 is 1.08 bits per heavy atom. The van der Waals surface area contributed by atoms with Crippen molar-refractivity contribution < 1.29 is 54.9 Å². The van der Waals surface area contributed by atoms with Gasteiger partial charge in [0.25, 0.3) is 0 Å². The van der Waals surface area contributed by atoms with Crippen LogP contribution in [0.1, 0.15) is 44.1 Å². The van der Waals surface area contributed by atoms with E-state index in [0.717, 1.165) is 24.0 Å². The van der Waals surface area contributed by atoms with Gasteiger partial charge in [-0.05, 0) is 43.4 Å². The van der Waals surface area contributed by atoms with Gasteiger partial charge in [-0.1, -0.05) is 0 Å². The second-order valence-electron chi connectivity index (χ2n) is 9.47. The number of alkyl halides is 3. The number of ether oxygens (including phenoxy) is 2. The summed E-state index contributed by atoms with van der Waals surface area (Å²) in [7, 11) is -3.79. The van der Waals surface area contributed by atoms with Gasteiger partial charge in [-0.3, -0.25) is 0 Å². The number of benzene rings is 1. The van der Waals surface area contributed by atoms with E-state index in [-0.39, 0.29) is 44.9 Å². The minimum Gasteiger partial charge on any atom is -0.484 e. The number of hydrogen-bond acceptors (Lipinski definition) is 7. The Labute approximate surface area is 217 Å². The zero-order valence-corrected chi connectivity index (χ0v) is 21.5. The predicted octanol–water partition coefficient (Wildman–Crippen LogP) is 2.76. The number of aliphatic hydroxyl groups is 2. The van der Waals surface area contributed by atoms with Gasteiger partial charge in [0.2, 0.25) is 10.0 Å². The normalized spacial score (nSPS) is 20.3. The summed E-state index contributed by atoms with van der Waals surface area (Å²) >= 11 is 0. The van der Waals surface area contributed by atoms with E-state index in [4.69, 9.17) is 9.84 Å². The molecule has 1 aromatic rings. The van der Waals surface area contributed by atoms with Gasteiger partial charge in [0.15, 0.2) is 23.5 Å². The van der Waals surface area contributed by atoms with Crippen molar-refractivity contribution in [3.8, 4) is 5.75 Å². The lowest BCUT2D eigenvalue weighted by atomic mass is 9.90.